The molecule has 15 aromatic carbocycles. The molecule has 6 heterocycles. The molecule has 476 valence electrons. The zero-order chi connectivity index (χ0) is 67.2. The number of hydrogen-bond donors (Lipinski definition) is 0. The third kappa shape index (κ3) is 9.72. The van der Waals surface area contributed by atoms with E-state index in [-0.39, 0.29) is 0 Å². The molecule has 102 heavy (non-hydrogen) atoms. The van der Waals surface area contributed by atoms with Gasteiger partial charge >= 0.3 is 0 Å². The average molecular weight is 1300 g/mol. The lowest BCUT2D eigenvalue weighted by atomic mass is 9.98. The average Bonchev–Trinajstić information content (AvgIpc) is 1.58. The standard InChI is InChI=1S/C51H33N3.C45H29N3/c1-3-13-34(14-4-1)35-23-25-36(26-24-35)43-33-51(52-46-20-10-7-17-40(43)46)54-48-22-12-9-19-42(48)45-32-38(28-30-50(45)54)37-27-29-49-44(31-37)41-18-8-11-21-47(41)53(49)39-15-5-2-6-16-39;1-3-13-30(14-4-1)37-29-45(46-40-20-10-7-17-34(37)40)48-42-22-12-9-19-36(42)39-28-32(24-26-44(39)48)31-23-25-43-38(27-31)35-18-8-11-21-41(35)47(43)33-15-5-2-6-16-33/h1-33H;1-29H. The van der Waals surface area contributed by atoms with Crippen molar-refractivity contribution in [2.45, 2.75) is 0 Å². The van der Waals surface area contributed by atoms with Gasteiger partial charge in [-0.15, -0.1) is 0 Å². The minimum absolute atomic E-state index is 0.907. The molecule has 0 saturated heterocycles. The fourth-order valence-corrected chi connectivity index (χ4v) is 15.9. The second-order valence-electron chi connectivity index (χ2n) is 26.4. The summed E-state index contributed by atoms with van der Waals surface area (Å²) in [5.74, 6) is 1.83. The highest BCUT2D eigenvalue weighted by Crippen LogP contribution is 2.43. The second kappa shape index (κ2) is 24.1. The van der Waals surface area contributed by atoms with E-state index >= 15 is 0 Å². The predicted octanol–water partition coefficient (Wildman–Crippen LogP) is 25.2. The van der Waals surface area contributed by atoms with Crippen LogP contribution in [0.15, 0.2) is 376 Å². The van der Waals surface area contributed by atoms with Gasteiger partial charge in [0.1, 0.15) is 11.6 Å². The van der Waals surface area contributed by atoms with Gasteiger partial charge in [-0.25, -0.2) is 9.97 Å². The Balaban J connectivity index is 0.000000138. The van der Waals surface area contributed by atoms with Crippen molar-refractivity contribution in [3.05, 3.63) is 376 Å². The molecule has 0 spiro atoms. The van der Waals surface area contributed by atoms with E-state index in [1.165, 1.54) is 132 Å². The van der Waals surface area contributed by atoms with Gasteiger partial charge in [-0.2, -0.15) is 0 Å². The van der Waals surface area contributed by atoms with Crippen LogP contribution in [0.2, 0.25) is 0 Å². The minimum atomic E-state index is 0.907. The van der Waals surface area contributed by atoms with E-state index in [2.05, 4.69) is 394 Å². The van der Waals surface area contributed by atoms with Crippen LogP contribution >= 0.6 is 0 Å². The second-order valence-corrected chi connectivity index (χ2v) is 26.4. The predicted molar refractivity (Wildman–Crippen MR) is 428 cm³/mol. The van der Waals surface area contributed by atoms with Gasteiger partial charge in [-0.1, -0.05) is 255 Å². The molecular weight excluding hydrogens is 1240 g/mol. The van der Waals surface area contributed by atoms with Gasteiger partial charge in [0.25, 0.3) is 0 Å². The lowest BCUT2D eigenvalue weighted by molar-refractivity contribution is 1.10. The van der Waals surface area contributed by atoms with E-state index in [0.717, 1.165) is 55.5 Å². The van der Waals surface area contributed by atoms with Gasteiger partial charge < -0.3 is 9.13 Å². The summed E-state index contributed by atoms with van der Waals surface area (Å²) in [6.45, 7) is 0. The Kier molecular flexibility index (Phi) is 13.8. The van der Waals surface area contributed by atoms with Crippen LogP contribution in [0.1, 0.15) is 0 Å². The van der Waals surface area contributed by atoms with Crippen molar-refractivity contribution in [3.63, 3.8) is 0 Å². The van der Waals surface area contributed by atoms with Gasteiger partial charge in [0.2, 0.25) is 0 Å². The molecule has 0 aliphatic heterocycles. The van der Waals surface area contributed by atoms with Crippen LogP contribution in [0, 0.1) is 0 Å². The molecule has 0 saturated carbocycles. The van der Waals surface area contributed by atoms with Crippen molar-refractivity contribution in [1.29, 1.82) is 0 Å². The first kappa shape index (κ1) is 58.5. The summed E-state index contributed by atoms with van der Waals surface area (Å²) in [7, 11) is 0. The number of rotatable bonds is 9. The van der Waals surface area contributed by atoms with Crippen molar-refractivity contribution >= 4 is 109 Å². The minimum Gasteiger partial charge on any atom is -0.309 e. The Bertz CT molecular complexity index is 6840. The maximum Gasteiger partial charge on any atom is 0.138 e. The molecule has 21 aromatic rings. The number of fused-ring (bicyclic) bond motifs is 14. The number of benzene rings is 15. The van der Waals surface area contributed by atoms with Crippen molar-refractivity contribution in [3.8, 4) is 78.6 Å². The molecule has 0 bridgehead atoms. The summed E-state index contributed by atoms with van der Waals surface area (Å²) in [5, 5.41) is 12.1. The fraction of sp³-hybridized carbons (Fsp3) is 0. The molecule has 6 heteroatoms. The molecule has 21 rings (SSSR count). The number of hydrogen-bond acceptors (Lipinski definition) is 2. The summed E-state index contributed by atoms with van der Waals surface area (Å²) in [5.41, 5.74) is 25.6. The highest BCUT2D eigenvalue weighted by molar-refractivity contribution is 6.15. The molecule has 0 fully saturated rings. The van der Waals surface area contributed by atoms with E-state index in [0.29, 0.717) is 0 Å². The largest absolute Gasteiger partial charge is 0.309 e. The highest BCUT2D eigenvalue weighted by Gasteiger charge is 2.22. The number of aromatic nitrogens is 6. The van der Waals surface area contributed by atoms with Gasteiger partial charge in [0.15, 0.2) is 0 Å². The summed E-state index contributed by atoms with van der Waals surface area (Å²) in [6.07, 6.45) is 0. The SMILES string of the molecule is c1ccc(-c2cc(-n3c4ccccc4c4cc(-c5ccc6c(c5)c5ccccc5n6-c5ccccc5)ccc43)nc3ccccc23)cc1.c1ccc(-c2ccc(-c3cc(-n4c5ccccc5c5cc(-c6ccc7c(c6)c6ccccc6n7-c6ccccc6)ccc54)nc4ccccc34)cc2)cc1. The third-order valence-electron chi connectivity index (χ3n) is 20.6. The smallest absolute Gasteiger partial charge is 0.138 e. The number of nitrogens with zero attached hydrogens (tertiary/aromatic N) is 6. The van der Waals surface area contributed by atoms with E-state index in [1.54, 1.807) is 0 Å². The lowest BCUT2D eigenvalue weighted by Gasteiger charge is -2.13. The summed E-state index contributed by atoms with van der Waals surface area (Å²) >= 11 is 0. The molecule has 0 amide bonds. The van der Waals surface area contributed by atoms with Gasteiger partial charge in [0, 0.05) is 65.2 Å². The topological polar surface area (TPSA) is 45.5 Å². The van der Waals surface area contributed by atoms with Crippen LogP contribution in [-0.2, 0) is 0 Å². The molecular formula is C96H62N6. The highest BCUT2D eigenvalue weighted by atomic mass is 15.1. The molecule has 0 N–H and O–H groups in total. The van der Waals surface area contributed by atoms with Crippen molar-refractivity contribution in [1.82, 2.24) is 28.2 Å². The zero-order valence-electron chi connectivity index (χ0n) is 55.5. The Labute approximate surface area is 588 Å². The molecule has 6 nitrogen and oxygen atoms in total. The fourth-order valence-electron chi connectivity index (χ4n) is 15.9. The molecule has 0 atom stereocenters. The number of para-hydroxylation sites is 8. The lowest BCUT2D eigenvalue weighted by Crippen LogP contribution is -1.99. The van der Waals surface area contributed by atoms with Gasteiger partial charge in [-0.05, 0) is 177 Å². The van der Waals surface area contributed by atoms with Crippen LogP contribution < -0.4 is 0 Å². The maximum absolute atomic E-state index is 5.30. The number of pyridine rings is 2. The van der Waals surface area contributed by atoms with E-state index in [1.807, 2.05) is 0 Å². The third-order valence-corrected chi connectivity index (χ3v) is 20.6. The normalized spacial score (nSPS) is 11.7. The Hall–Kier alpha value is -13.7. The van der Waals surface area contributed by atoms with E-state index in [9.17, 15) is 0 Å². The van der Waals surface area contributed by atoms with E-state index in [4.69, 9.17) is 9.97 Å². The zero-order valence-corrected chi connectivity index (χ0v) is 55.5. The Morgan fingerprint density at radius 3 is 0.775 bits per heavy atom. The Morgan fingerprint density at radius 2 is 0.402 bits per heavy atom. The molecule has 0 aliphatic rings. The van der Waals surface area contributed by atoms with Crippen LogP contribution in [0.25, 0.3) is 188 Å². The molecule has 0 radical (unpaired) electrons. The van der Waals surface area contributed by atoms with Crippen molar-refractivity contribution in [2.75, 3.05) is 0 Å². The first-order valence-electron chi connectivity index (χ1n) is 34.9. The first-order valence-corrected chi connectivity index (χ1v) is 34.9. The summed E-state index contributed by atoms with van der Waals surface area (Å²) < 4.78 is 9.39. The molecule has 6 aromatic heterocycles. The first-order chi connectivity index (χ1) is 50.6. The van der Waals surface area contributed by atoms with Crippen LogP contribution in [0.3, 0.4) is 0 Å². The van der Waals surface area contributed by atoms with Gasteiger partial charge in [-0.3, -0.25) is 9.13 Å². The van der Waals surface area contributed by atoms with Gasteiger partial charge in [0.05, 0.1) is 55.2 Å². The summed E-state index contributed by atoms with van der Waals surface area (Å²) in [4.78, 5) is 10.5. The monoisotopic (exact) mass is 1300 g/mol. The summed E-state index contributed by atoms with van der Waals surface area (Å²) in [6, 6.07) is 135. The Morgan fingerprint density at radius 1 is 0.157 bits per heavy atom. The van der Waals surface area contributed by atoms with Crippen LogP contribution in [-0.4, -0.2) is 28.2 Å². The van der Waals surface area contributed by atoms with Crippen LogP contribution in [0.5, 0.6) is 0 Å². The maximum atomic E-state index is 5.30. The van der Waals surface area contributed by atoms with Crippen molar-refractivity contribution < 1.29 is 0 Å². The van der Waals surface area contributed by atoms with Crippen molar-refractivity contribution in [2.24, 2.45) is 0 Å². The van der Waals surface area contributed by atoms with E-state index < -0.39 is 0 Å². The molecule has 0 aliphatic carbocycles. The molecule has 0 unspecified atom stereocenters. The quantitative estimate of drug-likeness (QED) is 0.145. The van der Waals surface area contributed by atoms with Crippen LogP contribution in [0.4, 0.5) is 0 Å².